The van der Waals surface area contributed by atoms with E-state index in [-0.39, 0.29) is 0 Å². The zero-order valence-corrected chi connectivity index (χ0v) is 14.0. The number of aromatic nitrogens is 2. The second-order valence-electron chi connectivity index (χ2n) is 6.32. The van der Waals surface area contributed by atoms with E-state index >= 15 is 0 Å². The van der Waals surface area contributed by atoms with Gasteiger partial charge in [-0.1, -0.05) is 30.3 Å². The van der Waals surface area contributed by atoms with Crippen molar-refractivity contribution in [3.05, 3.63) is 54.5 Å². The van der Waals surface area contributed by atoms with Crippen molar-refractivity contribution in [2.24, 2.45) is 0 Å². The summed E-state index contributed by atoms with van der Waals surface area (Å²) in [4.78, 5) is 33.7. The Morgan fingerprint density at radius 3 is 2.50 bits per heavy atom. The van der Waals surface area contributed by atoms with Gasteiger partial charge in [-0.3, -0.25) is 14.7 Å². The van der Waals surface area contributed by atoms with Crippen molar-refractivity contribution < 1.29 is 14.3 Å². The van der Waals surface area contributed by atoms with Crippen molar-refractivity contribution in [3.8, 4) is 0 Å². The lowest BCUT2D eigenvalue weighted by Gasteiger charge is -2.29. The van der Waals surface area contributed by atoms with Crippen LogP contribution in [0, 0.1) is 0 Å². The van der Waals surface area contributed by atoms with Gasteiger partial charge in [0.1, 0.15) is 11.6 Å². The van der Waals surface area contributed by atoms with Gasteiger partial charge in [0.05, 0.1) is 6.20 Å². The summed E-state index contributed by atoms with van der Waals surface area (Å²) in [5, 5.41) is 0. The molecule has 0 aliphatic heterocycles. The third kappa shape index (κ3) is 4.87. The van der Waals surface area contributed by atoms with Crippen LogP contribution < -0.4 is 4.90 Å². The van der Waals surface area contributed by atoms with Crippen LogP contribution in [0.15, 0.2) is 48.9 Å². The standard InChI is InChI=1S/C18H21N3O3/c1-18(2,3)24-17(23)15(11-14-7-5-4-6-8-14)21(13-22)16-12-19-9-10-20-16/h4-10,12-13,15H,11H2,1-3H3/t15-/m0/s1. The Bertz CT molecular complexity index is 669. The number of benzene rings is 1. The van der Waals surface area contributed by atoms with Crippen LogP contribution in [0.1, 0.15) is 26.3 Å². The zero-order chi connectivity index (χ0) is 17.6. The highest BCUT2D eigenvalue weighted by Gasteiger charge is 2.31. The van der Waals surface area contributed by atoms with Crippen molar-refractivity contribution in [1.82, 2.24) is 9.97 Å². The fourth-order valence-corrected chi connectivity index (χ4v) is 2.21. The molecule has 1 heterocycles. The zero-order valence-electron chi connectivity index (χ0n) is 14.0. The van der Waals surface area contributed by atoms with Crippen LogP contribution in [0.5, 0.6) is 0 Å². The number of esters is 1. The Hall–Kier alpha value is -2.76. The predicted octanol–water partition coefficient (Wildman–Crippen LogP) is 2.39. The minimum atomic E-state index is -0.819. The summed E-state index contributed by atoms with van der Waals surface area (Å²) in [6.45, 7) is 5.37. The average molecular weight is 327 g/mol. The average Bonchev–Trinajstić information content (AvgIpc) is 2.55. The lowest BCUT2D eigenvalue weighted by molar-refractivity contribution is -0.157. The van der Waals surface area contributed by atoms with Crippen LogP contribution in [-0.4, -0.2) is 34.0 Å². The third-order valence-corrected chi connectivity index (χ3v) is 3.21. The van der Waals surface area contributed by atoms with E-state index in [1.54, 1.807) is 20.8 Å². The van der Waals surface area contributed by atoms with Gasteiger partial charge in [0.25, 0.3) is 0 Å². The summed E-state index contributed by atoms with van der Waals surface area (Å²) in [5.41, 5.74) is 0.271. The van der Waals surface area contributed by atoms with Gasteiger partial charge in [0.2, 0.25) is 6.41 Å². The van der Waals surface area contributed by atoms with Gasteiger partial charge < -0.3 is 4.74 Å². The molecule has 0 saturated heterocycles. The molecule has 1 atom stereocenters. The highest BCUT2D eigenvalue weighted by Crippen LogP contribution is 2.18. The van der Waals surface area contributed by atoms with Gasteiger partial charge >= 0.3 is 5.97 Å². The normalized spacial score (nSPS) is 12.3. The molecule has 0 N–H and O–H groups in total. The number of carbonyl (C=O) groups is 2. The summed E-state index contributed by atoms with van der Waals surface area (Å²) >= 11 is 0. The number of amides is 1. The molecule has 2 aromatic rings. The highest BCUT2D eigenvalue weighted by atomic mass is 16.6. The quantitative estimate of drug-likeness (QED) is 0.602. The van der Waals surface area contributed by atoms with Crippen LogP contribution in [0.2, 0.25) is 0 Å². The number of hydrogen-bond donors (Lipinski definition) is 0. The van der Waals surface area contributed by atoms with Crippen LogP contribution in [0.25, 0.3) is 0 Å². The fourth-order valence-electron chi connectivity index (χ4n) is 2.21. The fraction of sp³-hybridized carbons (Fsp3) is 0.333. The van der Waals surface area contributed by atoms with Crippen molar-refractivity contribution in [2.45, 2.75) is 38.8 Å². The number of ether oxygens (including phenoxy) is 1. The number of rotatable bonds is 6. The van der Waals surface area contributed by atoms with Crippen molar-refractivity contribution in [1.29, 1.82) is 0 Å². The maximum absolute atomic E-state index is 12.7. The Morgan fingerprint density at radius 1 is 1.25 bits per heavy atom. The molecule has 0 bridgehead atoms. The van der Waals surface area contributed by atoms with Gasteiger partial charge in [-0.2, -0.15) is 0 Å². The minimum absolute atomic E-state index is 0.305. The van der Waals surface area contributed by atoms with Crippen LogP contribution >= 0.6 is 0 Å². The second kappa shape index (κ2) is 7.68. The molecular weight excluding hydrogens is 306 g/mol. The molecule has 126 valence electrons. The Kier molecular flexibility index (Phi) is 5.63. The summed E-state index contributed by atoms with van der Waals surface area (Å²) in [5.74, 6) is -0.177. The van der Waals surface area contributed by atoms with E-state index in [2.05, 4.69) is 9.97 Å². The van der Waals surface area contributed by atoms with Gasteiger partial charge in [-0.15, -0.1) is 0 Å². The first-order valence-corrected chi connectivity index (χ1v) is 7.67. The summed E-state index contributed by atoms with van der Waals surface area (Å²) in [7, 11) is 0. The van der Waals surface area contributed by atoms with Gasteiger partial charge in [0.15, 0.2) is 5.82 Å². The molecule has 6 nitrogen and oxygen atoms in total. The van der Waals surface area contributed by atoms with E-state index < -0.39 is 17.6 Å². The molecule has 0 fully saturated rings. The molecule has 1 amide bonds. The number of carbonyl (C=O) groups excluding carboxylic acids is 2. The van der Waals surface area contributed by atoms with Crippen LogP contribution in [0.3, 0.4) is 0 Å². The van der Waals surface area contributed by atoms with E-state index in [4.69, 9.17) is 4.74 Å². The first kappa shape index (κ1) is 17.6. The van der Waals surface area contributed by atoms with E-state index in [0.29, 0.717) is 18.6 Å². The van der Waals surface area contributed by atoms with E-state index in [0.717, 1.165) is 5.56 Å². The van der Waals surface area contributed by atoms with Crippen molar-refractivity contribution in [2.75, 3.05) is 4.90 Å². The Labute approximate surface area is 141 Å². The van der Waals surface area contributed by atoms with E-state index in [1.165, 1.54) is 23.5 Å². The van der Waals surface area contributed by atoms with Crippen LogP contribution in [-0.2, 0) is 20.7 Å². The molecule has 1 aromatic carbocycles. The molecular formula is C18H21N3O3. The smallest absolute Gasteiger partial charge is 0.330 e. The number of anilines is 1. The third-order valence-electron chi connectivity index (χ3n) is 3.21. The number of hydrogen-bond acceptors (Lipinski definition) is 5. The molecule has 24 heavy (non-hydrogen) atoms. The van der Waals surface area contributed by atoms with E-state index in [9.17, 15) is 9.59 Å². The van der Waals surface area contributed by atoms with Gasteiger partial charge in [0, 0.05) is 18.8 Å². The number of nitrogens with zero attached hydrogens (tertiary/aromatic N) is 3. The lowest BCUT2D eigenvalue weighted by atomic mass is 10.0. The monoisotopic (exact) mass is 327 g/mol. The summed E-state index contributed by atoms with van der Waals surface area (Å²) in [6.07, 6.45) is 5.33. The molecule has 0 saturated carbocycles. The van der Waals surface area contributed by atoms with E-state index in [1.807, 2.05) is 30.3 Å². The maximum Gasteiger partial charge on any atom is 0.330 e. The molecule has 0 aliphatic carbocycles. The first-order valence-electron chi connectivity index (χ1n) is 7.67. The maximum atomic E-state index is 12.7. The minimum Gasteiger partial charge on any atom is -0.458 e. The highest BCUT2D eigenvalue weighted by molar-refractivity contribution is 5.88. The lowest BCUT2D eigenvalue weighted by Crippen LogP contribution is -2.45. The molecule has 6 heteroatoms. The molecule has 0 spiro atoms. The second-order valence-corrected chi connectivity index (χ2v) is 6.32. The SMILES string of the molecule is CC(C)(C)OC(=O)[C@H](Cc1ccccc1)N(C=O)c1cnccn1. The van der Waals surface area contributed by atoms with Crippen molar-refractivity contribution >= 4 is 18.2 Å². The van der Waals surface area contributed by atoms with Gasteiger partial charge in [-0.25, -0.2) is 9.78 Å². The Balaban J connectivity index is 2.33. The molecule has 0 unspecified atom stereocenters. The Morgan fingerprint density at radius 2 is 1.96 bits per heavy atom. The molecule has 0 aliphatic rings. The van der Waals surface area contributed by atoms with Crippen molar-refractivity contribution in [3.63, 3.8) is 0 Å². The largest absolute Gasteiger partial charge is 0.458 e. The molecule has 1 aromatic heterocycles. The summed E-state index contributed by atoms with van der Waals surface area (Å²) < 4.78 is 5.49. The summed E-state index contributed by atoms with van der Waals surface area (Å²) in [6, 6.07) is 8.64. The molecule has 0 radical (unpaired) electrons. The van der Waals surface area contributed by atoms with Crippen LogP contribution in [0.4, 0.5) is 5.82 Å². The van der Waals surface area contributed by atoms with Gasteiger partial charge in [-0.05, 0) is 26.3 Å². The first-order chi connectivity index (χ1) is 11.4. The predicted molar refractivity (Wildman–Crippen MR) is 90.4 cm³/mol. The molecule has 2 rings (SSSR count). The topological polar surface area (TPSA) is 72.4 Å².